The molecule has 6 heteroatoms. The Labute approximate surface area is 170 Å². The summed E-state index contributed by atoms with van der Waals surface area (Å²) in [6.45, 7) is 3.43. The zero-order valence-corrected chi connectivity index (χ0v) is 16.5. The molecule has 29 heavy (non-hydrogen) atoms. The maximum absolute atomic E-state index is 13.2. The highest BCUT2D eigenvalue weighted by Gasteiger charge is 2.26. The zero-order chi connectivity index (χ0) is 20.2. The van der Waals surface area contributed by atoms with Gasteiger partial charge in [0.05, 0.1) is 36.2 Å². The number of methoxy groups -OCH3 is 1. The van der Waals surface area contributed by atoms with Crippen LogP contribution in [0.2, 0.25) is 0 Å². The number of fused-ring (bicyclic) bond motifs is 1. The molecule has 0 bridgehead atoms. The molecule has 0 saturated carbocycles. The van der Waals surface area contributed by atoms with Crippen molar-refractivity contribution in [2.75, 3.05) is 20.3 Å². The first-order valence-electron chi connectivity index (χ1n) is 9.80. The fourth-order valence-electron chi connectivity index (χ4n) is 4.00. The van der Waals surface area contributed by atoms with E-state index in [-0.39, 0.29) is 5.56 Å². The van der Waals surface area contributed by atoms with Gasteiger partial charge < -0.3 is 4.74 Å². The van der Waals surface area contributed by atoms with Crippen LogP contribution >= 0.6 is 0 Å². The smallest absolute Gasteiger partial charge is 0.274 e. The minimum absolute atomic E-state index is 0.0634. The van der Waals surface area contributed by atoms with E-state index in [1.165, 1.54) is 0 Å². The van der Waals surface area contributed by atoms with Crippen molar-refractivity contribution in [3.05, 3.63) is 87.3 Å². The SMILES string of the molecule is COCCn1c2c(c(=O)n1-c1ccccc1)CCN(Cc1cccc(C#N)c1)C2. The number of aromatic nitrogens is 2. The highest BCUT2D eigenvalue weighted by molar-refractivity contribution is 5.35. The Morgan fingerprint density at radius 3 is 2.72 bits per heavy atom. The second-order valence-electron chi connectivity index (χ2n) is 7.27. The van der Waals surface area contributed by atoms with E-state index in [9.17, 15) is 4.79 Å². The van der Waals surface area contributed by atoms with E-state index in [4.69, 9.17) is 10.00 Å². The van der Waals surface area contributed by atoms with Crippen molar-refractivity contribution in [3.63, 3.8) is 0 Å². The Bertz CT molecular complexity index is 1090. The largest absolute Gasteiger partial charge is 0.383 e. The van der Waals surface area contributed by atoms with Crippen molar-refractivity contribution >= 4 is 0 Å². The van der Waals surface area contributed by atoms with Gasteiger partial charge in [-0.15, -0.1) is 0 Å². The van der Waals surface area contributed by atoms with Crippen LogP contribution in [0.5, 0.6) is 0 Å². The molecule has 4 rings (SSSR count). The number of benzene rings is 2. The van der Waals surface area contributed by atoms with Crippen molar-refractivity contribution < 1.29 is 4.74 Å². The number of ether oxygens (including phenoxy) is 1. The number of hydrogen-bond acceptors (Lipinski definition) is 4. The Morgan fingerprint density at radius 2 is 1.97 bits per heavy atom. The number of para-hydroxylation sites is 1. The molecule has 0 aliphatic carbocycles. The molecular formula is C23H24N4O2. The van der Waals surface area contributed by atoms with Crippen LogP contribution in [0.4, 0.5) is 0 Å². The molecule has 0 amide bonds. The number of rotatable bonds is 6. The van der Waals surface area contributed by atoms with Crippen molar-refractivity contribution in [2.45, 2.75) is 26.1 Å². The molecule has 1 aliphatic heterocycles. The van der Waals surface area contributed by atoms with Gasteiger partial charge in [-0.05, 0) is 36.2 Å². The average molecular weight is 388 g/mol. The molecule has 0 radical (unpaired) electrons. The van der Waals surface area contributed by atoms with Crippen molar-refractivity contribution in [2.24, 2.45) is 0 Å². The van der Waals surface area contributed by atoms with E-state index < -0.39 is 0 Å². The second-order valence-corrected chi connectivity index (χ2v) is 7.27. The van der Waals surface area contributed by atoms with Gasteiger partial charge in [0.25, 0.3) is 5.56 Å². The molecule has 3 aromatic rings. The molecule has 0 N–H and O–H groups in total. The van der Waals surface area contributed by atoms with Gasteiger partial charge in [-0.2, -0.15) is 5.26 Å². The standard InChI is InChI=1S/C23H24N4O2/c1-29-13-12-26-22-17-25(16-19-7-5-6-18(14-19)15-24)11-10-21(22)23(28)27(26)20-8-3-2-4-9-20/h2-9,14H,10-13,16-17H2,1H3. The molecule has 0 fully saturated rings. The predicted octanol–water partition coefficient (Wildman–Crippen LogP) is 2.72. The van der Waals surface area contributed by atoms with Gasteiger partial charge in [-0.3, -0.25) is 14.4 Å². The second kappa shape index (κ2) is 8.48. The lowest BCUT2D eigenvalue weighted by molar-refractivity contribution is 0.175. The van der Waals surface area contributed by atoms with Crippen molar-refractivity contribution in [1.82, 2.24) is 14.3 Å². The lowest BCUT2D eigenvalue weighted by Gasteiger charge is -2.27. The van der Waals surface area contributed by atoms with Crippen molar-refractivity contribution in [1.29, 1.82) is 5.26 Å². The lowest BCUT2D eigenvalue weighted by atomic mass is 10.1. The summed E-state index contributed by atoms with van der Waals surface area (Å²) in [4.78, 5) is 15.5. The van der Waals surface area contributed by atoms with Crippen molar-refractivity contribution in [3.8, 4) is 11.8 Å². The van der Waals surface area contributed by atoms with Gasteiger partial charge in [0.2, 0.25) is 0 Å². The first-order valence-corrected chi connectivity index (χ1v) is 9.80. The number of nitriles is 1. The molecule has 148 valence electrons. The molecule has 0 saturated heterocycles. The first kappa shape index (κ1) is 19.2. The minimum atomic E-state index is 0.0634. The van der Waals surface area contributed by atoms with Gasteiger partial charge in [0.1, 0.15) is 0 Å². The highest BCUT2D eigenvalue weighted by atomic mass is 16.5. The number of nitrogens with zero attached hydrogens (tertiary/aromatic N) is 4. The third-order valence-corrected chi connectivity index (χ3v) is 5.37. The quantitative estimate of drug-likeness (QED) is 0.651. The van der Waals surface area contributed by atoms with Crippen LogP contribution in [-0.2, 0) is 30.8 Å². The summed E-state index contributed by atoms with van der Waals surface area (Å²) in [7, 11) is 1.68. The maximum Gasteiger partial charge on any atom is 0.274 e. The third-order valence-electron chi connectivity index (χ3n) is 5.37. The summed E-state index contributed by atoms with van der Waals surface area (Å²) in [5.74, 6) is 0. The Morgan fingerprint density at radius 1 is 1.14 bits per heavy atom. The average Bonchev–Trinajstić information content (AvgIpc) is 3.04. The zero-order valence-electron chi connectivity index (χ0n) is 16.5. The molecule has 1 aromatic heterocycles. The Balaban J connectivity index is 1.68. The van der Waals surface area contributed by atoms with E-state index in [0.29, 0.717) is 25.3 Å². The summed E-state index contributed by atoms with van der Waals surface area (Å²) in [5, 5.41) is 9.14. The van der Waals surface area contributed by atoms with Gasteiger partial charge >= 0.3 is 0 Å². The summed E-state index contributed by atoms with van der Waals surface area (Å²) in [6.07, 6.45) is 0.721. The monoisotopic (exact) mass is 388 g/mol. The minimum Gasteiger partial charge on any atom is -0.383 e. The molecule has 0 unspecified atom stereocenters. The van der Waals surface area contributed by atoms with Crippen LogP contribution in [0.3, 0.4) is 0 Å². The van der Waals surface area contributed by atoms with Gasteiger partial charge in [0.15, 0.2) is 0 Å². The topological polar surface area (TPSA) is 63.2 Å². The van der Waals surface area contributed by atoms with Crippen LogP contribution < -0.4 is 5.56 Å². The predicted molar refractivity (Wildman–Crippen MR) is 111 cm³/mol. The molecular weight excluding hydrogens is 364 g/mol. The van der Waals surface area contributed by atoms with Crippen LogP contribution in [0.1, 0.15) is 22.4 Å². The first-order chi connectivity index (χ1) is 14.2. The van der Waals surface area contributed by atoms with E-state index in [1.807, 2.05) is 54.6 Å². The van der Waals surface area contributed by atoms with E-state index in [0.717, 1.165) is 42.0 Å². The van der Waals surface area contributed by atoms with Gasteiger partial charge in [-0.25, -0.2) is 4.68 Å². The lowest BCUT2D eigenvalue weighted by Crippen LogP contribution is -2.32. The van der Waals surface area contributed by atoms with Crippen LogP contribution in [0.15, 0.2) is 59.4 Å². The fraction of sp³-hybridized carbons (Fsp3) is 0.304. The molecule has 0 atom stereocenters. The Kier molecular flexibility index (Phi) is 5.61. The molecule has 0 spiro atoms. The van der Waals surface area contributed by atoms with Crippen LogP contribution in [-0.4, -0.2) is 34.5 Å². The normalized spacial score (nSPS) is 13.8. The third kappa shape index (κ3) is 3.88. The summed E-state index contributed by atoms with van der Waals surface area (Å²) in [6, 6.07) is 19.7. The highest BCUT2D eigenvalue weighted by Crippen LogP contribution is 2.21. The van der Waals surface area contributed by atoms with Crippen LogP contribution in [0, 0.1) is 11.3 Å². The molecule has 2 aromatic carbocycles. The van der Waals surface area contributed by atoms with Crippen LogP contribution in [0.25, 0.3) is 5.69 Å². The van der Waals surface area contributed by atoms with E-state index in [2.05, 4.69) is 15.7 Å². The summed E-state index contributed by atoms with van der Waals surface area (Å²) >= 11 is 0. The molecule has 6 nitrogen and oxygen atoms in total. The summed E-state index contributed by atoms with van der Waals surface area (Å²) in [5.41, 5.74) is 4.67. The van der Waals surface area contributed by atoms with Gasteiger partial charge in [0, 0.05) is 32.3 Å². The van der Waals surface area contributed by atoms with E-state index >= 15 is 0 Å². The summed E-state index contributed by atoms with van der Waals surface area (Å²) < 4.78 is 9.15. The van der Waals surface area contributed by atoms with Gasteiger partial charge in [-0.1, -0.05) is 30.3 Å². The van der Waals surface area contributed by atoms with E-state index in [1.54, 1.807) is 11.8 Å². The maximum atomic E-state index is 13.2. The Hall–Kier alpha value is -3.14. The molecule has 2 heterocycles. The number of hydrogen-bond donors (Lipinski definition) is 0. The fourth-order valence-corrected chi connectivity index (χ4v) is 4.00. The molecule has 1 aliphatic rings.